The molecule has 104 valence electrons. The lowest BCUT2D eigenvalue weighted by Gasteiger charge is -2.21. The van der Waals surface area contributed by atoms with Crippen LogP contribution >= 0.6 is 0 Å². The molecular formula is C15H22N2O2. The van der Waals surface area contributed by atoms with Crippen LogP contribution in [0.15, 0.2) is 24.3 Å². The molecule has 1 atom stereocenters. The predicted octanol–water partition coefficient (Wildman–Crippen LogP) is 1.70. The van der Waals surface area contributed by atoms with Gasteiger partial charge in [0.15, 0.2) is 0 Å². The number of rotatable bonds is 5. The minimum absolute atomic E-state index is 0.124. The minimum Gasteiger partial charge on any atom is -0.494 e. The number of hydrogen-bond donors (Lipinski definition) is 2. The molecule has 0 bridgehead atoms. The van der Waals surface area contributed by atoms with Crippen molar-refractivity contribution in [1.82, 2.24) is 10.6 Å². The zero-order valence-corrected chi connectivity index (χ0v) is 11.7. The highest BCUT2D eigenvalue weighted by Crippen LogP contribution is 2.24. The Balaban J connectivity index is 1.91. The SMILES string of the molecule is CCOc1cccc(CNC(=O)C2(C)CCNC2)c1. The van der Waals surface area contributed by atoms with Gasteiger partial charge in [0, 0.05) is 13.1 Å². The van der Waals surface area contributed by atoms with E-state index < -0.39 is 0 Å². The maximum atomic E-state index is 12.2. The molecule has 2 N–H and O–H groups in total. The summed E-state index contributed by atoms with van der Waals surface area (Å²) in [5, 5.41) is 6.25. The summed E-state index contributed by atoms with van der Waals surface area (Å²) < 4.78 is 5.45. The molecule has 1 unspecified atom stereocenters. The summed E-state index contributed by atoms with van der Waals surface area (Å²) in [4.78, 5) is 12.2. The van der Waals surface area contributed by atoms with Crippen LogP contribution < -0.4 is 15.4 Å². The zero-order valence-electron chi connectivity index (χ0n) is 11.7. The summed E-state index contributed by atoms with van der Waals surface area (Å²) in [7, 11) is 0. The van der Waals surface area contributed by atoms with Gasteiger partial charge in [0.2, 0.25) is 5.91 Å². The van der Waals surface area contributed by atoms with Crippen LogP contribution in [0.4, 0.5) is 0 Å². The first-order valence-corrected chi connectivity index (χ1v) is 6.85. The Kier molecular flexibility index (Phi) is 4.43. The molecule has 1 aliphatic rings. The lowest BCUT2D eigenvalue weighted by atomic mass is 9.89. The average molecular weight is 262 g/mol. The zero-order chi connectivity index (χ0) is 13.7. The van der Waals surface area contributed by atoms with Gasteiger partial charge in [-0.3, -0.25) is 4.79 Å². The average Bonchev–Trinajstić information content (AvgIpc) is 2.85. The van der Waals surface area contributed by atoms with Gasteiger partial charge in [-0.05, 0) is 44.5 Å². The van der Waals surface area contributed by atoms with Crippen molar-refractivity contribution in [3.8, 4) is 5.75 Å². The highest BCUT2D eigenvalue weighted by atomic mass is 16.5. The topological polar surface area (TPSA) is 50.4 Å². The maximum absolute atomic E-state index is 12.2. The molecule has 0 aliphatic carbocycles. The highest BCUT2D eigenvalue weighted by Gasteiger charge is 2.35. The van der Waals surface area contributed by atoms with Crippen LogP contribution in [0.2, 0.25) is 0 Å². The maximum Gasteiger partial charge on any atom is 0.227 e. The summed E-state index contributed by atoms with van der Waals surface area (Å²) in [5.41, 5.74) is 0.797. The van der Waals surface area contributed by atoms with Crippen molar-refractivity contribution in [3.05, 3.63) is 29.8 Å². The molecule has 19 heavy (non-hydrogen) atoms. The lowest BCUT2D eigenvalue weighted by molar-refractivity contribution is -0.129. The second-order valence-corrected chi connectivity index (χ2v) is 5.25. The molecule has 0 spiro atoms. The van der Waals surface area contributed by atoms with Gasteiger partial charge in [-0.2, -0.15) is 0 Å². The lowest BCUT2D eigenvalue weighted by Crippen LogP contribution is -2.40. The Labute approximate surface area is 114 Å². The number of carbonyl (C=O) groups excluding carboxylic acids is 1. The first kappa shape index (κ1) is 13.9. The van der Waals surface area contributed by atoms with E-state index in [9.17, 15) is 4.79 Å². The molecule has 1 aliphatic heterocycles. The van der Waals surface area contributed by atoms with E-state index in [1.807, 2.05) is 38.1 Å². The fraction of sp³-hybridized carbons (Fsp3) is 0.533. The standard InChI is InChI=1S/C15H22N2O2/c1-3-19-13-6-4-5-12(9-13)10-17-14(18)15(2)7-8-16-11-15/h4-6,9,16H,3,7-8,10-11H2,1-2H3,(H,17,18). The molecule has 1 aromatic rings. The molecule has 1 saturated heterocycles. The molecule has 1 aromatic carbocycles. The van der Waals surface area contributed by atoms with Gasteiger partial charge in [0.05, 0.1) is 12.0 Å². The first-order valence-electron chi connectivity index (χ1n) is 6.85. The van der Waals surface area contributed by atoms with Crippen LogP contribution in [-0.2, 0) is 11.3 Å². The molecule has 0 radical (unpaired) electrons. The van der Waals surface area contributed by atoms with Crippen molar-refractivity contribution in [1.29, 1.82) is 0 Å². The third-order valence-corrected chi connectivity index (χ3v) is 3.58. The monoisotopic (exact) mass is 262 g/mol. The Morgan fingerprint density at radius 3 is 3.05 bits per heavy atom. The van der Waals surface area contributed by atoms with E-state index in [1.165, 1.54) is 0 Å². The molecule has 2 rings (SSSR count). The number of carbonyl (C=O) groups is 1. The van der Waals surface area contributed by atoms with Gasteiger partial charge >= 0.3 is 0 Å². The Bertz CT molecular complexity index is 440. The summed E-state index contributed by atoms with van der Waals surface area (Å²) in [5.74, 6) is 0.974. The smallest absolute Gasteiger partial charge is 0.227 e. The van der Waals surface area contributed by atoms with Crippen LogP contribution in [0.3, 0.4) is 0 Å². The molecule has 0 aromatic heterocycles. The predicted molar refractivity (Wildman–Crippen MR) is 75.1 cm³/mol. The molecule has 1 fully saturated rings. The van der Waals surface area contributed by atoms with Crippen LogP contribution in [0.5, 0.6) is 5.75 Å². The number of hydrogen-bond acceptors (Lipinski definition) is 3. The number of ether oxygens (including phenoxy) is 1. The summed E-state index contributed by atoms with van der Waals surface area (Å²) in [6, 6.07) is 7.85. The van der Waals surface area contributed by atoms with E-state index >= 15 is 0 Å². The van der Waals surface area contributed by atoms with E-state index in [2.05, 4.69) is 10.6 Å². The van der Waals surface area contributed by atoms with Crippen LogP contribution in [0.25, 0.3) is 0 Å². The highest BCUT2D eigenvalue weighted by molar-refractivity contribution is 5.82. The largest absolute Gasteiger partial charge is 0.494 e. The second-order valence-electron chi connectivity index (χ2n) is 5.25. The molecule has 1 amide bonds. The van der Waals surface area contributed by atoms with Crippen LogP contribution in [0, 0.1) is 5.41 Å². The van der Waals surface area contributed by atoms with Crippen molar-refractivity contribution < 1.29 is 9.53 Å². The Morgan fingerprint density at radius 2 is 2.37 bits per heavy atom. The summed E-state index contributed by atoms with van der Waals surface area (Å²) in [6.07, 6.45) is 0.901. The molecule has 4 nitrogen and oxygen atoms in total. The van der Waals surface area contributed by atoms with Crippen LogP contribution in [-0.4, -0.2) is 25.6 Å². The van der Waals surface area contributed by atoms with E-state index in [4.69, 9.17) is 4.74 Å². The Morgan fingerprint density at radius 1 is 1.53 bits per heavy atom. The minimum atomic E-state index is -0.266. The van der Waals surface area contributed by atoms with Gasteiger partial charge < -0.3 is 15.4 Å². The van der Waals surface area contributed by atoms with E-state index in [0.717, 1.165) is 30.8 Å². The second kappa shape index (κ2) is 6.06. The fourth-order valence-corrected chi connectivity index (χ4v) is 2.32. The van der Waals surface area contributed by atoms with Gasteiger partial charge in [0.1, 0.15) is 5.75 Å². The van der Waals surface area contributed by atoms with Gasteiger partial charge in [-0.15, -0.1) is 0 Å². The molecule has 1 heterocycles. The number of nitrogens with one attached hydrogen (secondary N) is 2. The first-order chi connectivity index (χ1) is 9.14. The normalized spacial score (nSPS) is 22.2. The van der Waals surface area contributed by atoms with E-state index in [0.29, 0.717) is 13.2 Å². The summed E-state index contributed by atoms with van der Waals surface area (Å²) in [6.45, 7) is 6.86. The number of amides is 1. The van der Waals surface area contributed by atoms with Gasteiger partial charge in [-0.1, -0.05) is 12.1 Å². The van der Waals surface area contributed by atoms with Crippen molar-refractivity contribution in [2.45, 2.75) is 26.8 Å². The van der Waals surface area contributed by atoms with Crippen molar-refractivity contribution in [2.24, 2.45) is 5.41 Å². The third kappa shape index (κ3) is 3.47. The Hall–Kier alpha value is -1.55. The van der Waals surface area contributed by atoms with Gasteiger partial charge in [-0.25, -0.2) is 0 Å². The van der Waals surface area contributed by atoms with Crippen LogP contribution in [0.1, 0.15) is 25.8 Å². The van der Waals surface area contributed by atoms with E-state index in [1.54, 1.807) is 0 Å². The third-order valence-electron chi connectivity index (χ3n) is 3.58. The van der Waals surface area contributed by atoms with Crippen molar-refractivity contribution in [2.75, 3.05) is 19.7 Å². The molecule has 0 saturated carbocycles. The van der Waals surface area contributed by atoms with Gasteiger partial charge in [0.25, 0.3) is 0 Å². The van der Waals surface area contributed by atoms with Crippen molar-refractivity contribution >= 4 is 5.91 Å². The van der Waals surface area contributed by atoms with Crippen molar-refractivity contribution in [3.63, 3.8) is 0 Å². The van der Waals surface area contributed by atoms with E-state index in [-0.39, 0.29) is 11.3 Å². The number of benzene rings is 1. The fourth-order valence-electron chi connectivity index (χ4n) is 2.32. The molecule has 4 heteroatoms. The summed E-state index contributed by atoms with van der Waals surface area (Å²) >= 11 is 0. The quantitative estimate of drug-likeness (QED) is 0.849. The molecular weight excluding hydrogens is 240 g/mol.